The van der Waals surface area contributed by atoms with Crippen LogP contribution < -0.4 is 5.32 Å². The Morgan fingerprint density at radius 3 is 1.93 bits per heavy atom. The zero-order valence-corrected chi connectivity index (χ0v) is 14.8. The smallest absolute Gasteiger partial charge is 0.365 e. The Hall–Kier alpha value is -1.96. The van der Waals surface area contributed by atoms with Crippen LogP contribution in [0.4, 0.5) is 0 Å². The summed E-state index contributed by atoms with van der Waals surface area (Å²) in [5.74, 6) is -9.19. The van der Waals surface area contributed by atoms with E-state index >= 15 is 0 Å². The summed E-state index contributed by atoms with van der Waals surface area (Å²) in [6.45, 7) is 1.46. The number of aliphatic hydroxyl groups is 5. The Kier molecular flexibility index (Phi) is 6.80. The number of carbonyl (C=O) groups excluding carboxylic acids is 3. The van der Waals surface area contributed by atoms with E-state index < -0.39 is 71.7 Å². The minimum Gasteiger partial charge on any atom is -0.477 e. The molecule has 1 aliphatic rings. The van der Waals surface area contributed by atoms with Gasteiger partial charge < -0.3 is 40.7 Å². The number of carboxylic acids is 1. The van der Waals surface area contributed by atoms with Crippen LogP contribution in [0.1, 0.15) is 20.8 Å². The van der Waals surface area contributed by atoms with Crippen molar-refractivity contribution in [3.05, 3.63) is 0 Å². The molecular formula is C15H23NO11. The van der Waals surface area contributed by atoms with Gasteiger partial charge in [0, 0.05) is 6.92 Å². The number of rotatable bonds is 7. The molecule has 12 nitrogen and oxygen atoms in total. The van der Waals surface area contributed by atoms with E-state index in [1.165, 1.54) is 0 Å². The lowest BCUT2D eigenvalue weighted by atomic mass is 9.63. The number of aliphatic hydroxyl groups excluding tert-OH is 4. The van der Waals surface area contributed by atoms with E-state index in [2.05, 4.69) is 5.32 Å². The average Bonchev–Trinajstić information content (AvgIpc) is 2.55. The van der Waals surface area contributed by atoms with E-state index in [0.29, 0.717) is 0 Å². The Morgan fingerprint density at radius 2 is 1.59 bits per heavy atom. The predicted molar refractivity (Wildman–Crippen MR) is 84.0 cm³/mol. The van der Waals surface area contributed by atoms with E-state index in [4.69, 9.17) is 9.84 Å². The number of ether oxygens (including phenoxy) is 1. The molecule has 27 heavy (non-hydrogen) atoms. The van der Waals surface area contributed by atoms with E-state index in [-0.39, 0.29) is 0 Å². The van der Waals surface area contributed by atoms with Gasteiger partial charge in [0.05, 0.1) is 12.6 Å². The van der Waals surface area contributed by atoms with E-state index in [1.54, 1.807) is 0 Å². The molecule has 154 valence electrons. The van der Waals surface area contributed by atoms with Crippen molar-refractivity contribution in [2.75, 3.05) is 6.61 Å². The number of nitrogens with one attached hydrogen (secondary N) is 1. The maximum atomic E-state index is 12.2. The fraction of sp³-hybridized carbons (Fsp3) is 0.733. The Morgan fingerprint density at radius 1 is 1.11 bits per heavy atom. The van der Waals surface area contributed by atoms with E-state index in [9.17, 15) is 44.7 Å². The van der Waals surface area contributed by atoms with Crippen LogP contribution in [0.5, 0.6) is 0 Å². The van der Waals surface area contributed by atoms with Crippen LogP contribution in [0.3, 0.4) is 0 Å². The van der Waals surface area contributed by atoms with Crippen molar-refractivity contribution in [2.24, 2.45) is 5.41 Å². The summed E-state index contributed by atoms with van der Waals surface area (Å²) < 4.78 is 4.96. The molecule has 1 amide bonds. The third-order valence-corrected chi connectivity index (χ3v) is 4.67. The number of ketones is 2. The fourth-order valence-electron chi connectivity index (χ4n) is 3.38. The lowest BCUT2D eigenvalue weighted by molar-refractivity contribution is -0.333. The molecule has 7 N–H and O–H groups in total. The van der Waals surface area contributed by atoms with E-state index in [0.717, 1.165) is 20.8 Å². The summed E-state index contributed by atoms with van der Waals surface area (Å²) in [6, 6.07) is -1.79. The first-order chi connectivity index (χ1) is 12.3. The summed E-state index contributed by atoms with van der Waals surface area (Å²) in [5.41, 5.74) is -3.04. The van der Waals surface area contributed by atoms with Crippen molar-refractivity contribution in [3.63, 3.8) is 0 Å². The number of hydrogen-bond donors (Lipinski definition) is 7. The normalized spacial score (nSPS) is 32.2. The number of hydrogen-bond acceptors (Lipinski definition) is 10. The molecule has 0 radical (unpaired) electrons. The Bertz CT molecular complexity index is 621. The number of carboxylic acid groups (broad SMARTS) is 1. The van der Waals surface area contributed by atoms with Crippen molar-refractivity contribution in [1.82, 2.24) is 5.32 Å². The summed E-state index contributed by atoms with van der Waals surface area (Å²) in [6.07, 6.45) is -8.38. The van der Waals surface area contributed by atoms with Crippen molar-refractivity contribution in [3.8, 4) is 0 Å². The van der Waals surface area contributed by atoms with Gasteiger partial charge in [-0.3, -0.25) is 14.4 Å². The Labute approximate surface area is 153 Å². The summed E-state index contributed by atoms with van der Waals surface area (Å²) in [5, 5.41) is 61.6. The zero-order valence-electron chi connectivity index (χ0n) is 14.8. The fourth-order valence-corrected chi connectivity index (χ4v) is 3.38. The topological polar surface area (TPSA) is 211 Å². The first-order valence-electron chi connectivity index (χ1n) is 7.86. The van der Waals surface area contributed by atoms with Gasteiger partial charge in [-0.2, -0.15) is 0 Å². The lowest BCUT2D eigenvalue weighted by Gasteiger charge is -2.53. The minimum absolute atomic E-state index is 0.742. The molecule has 0 spiro atoms. The van der Waals surface area contributed by atoms with Gasteiger partial charge >= 0.3 is 5.97 Å². The lowest BCUT2D eigenvalue weighted by Crippen LogP contribution is -2.79. The maximum Gasteiger partial charge on any atom is 0.365 e. The van der Waals surface area contributed by atoms with Crippen LogP contribution in [0.2, 0.25) is 0 Å². The predicted octanol–water partition coefficient (Wildman–Crippen LogP) is -4.10. The molecule has 0 aromatic carbocycles. The SMILES string of the molecule is CC(=O)N[C@H]1[C@H]([C@H](O)[C@H](O)CO)OC(O)(C(=O)O)C(C(C)=O)(C(C)=O)[C@@H]1O. The molecule has 0 saturated carbocycles. The van der Waals surface area contributed by atoms with Crippen LogP contribution in [0.15, 0.2) is 0 Å². The van der Waals surface area contributed by atoms with Gasteiger partial charge in [0.2, 0.25) is 5.91 Å². The molecule has 0 aromatic rings. The minimum atomic E-state index is -3.63. The van der Waals surface area contributed by atoms with Gasteiger partial charge in [0.15, 0.2) is 17.0 Å². The van der Waals surface area contributed by atoms with Gasteiger partial charge in [-0.25, -0.2) is 4.79 Å². The van der Waals surface area contributed by atoms with Crippen LogP contribution in [0.25, 0.3) is 0 Å². The summed E-state index contributed by atoms with van der Waals surface area (Å²) in [4.78, 5) is 47.7. The largest absolute Gasteiger partial charge is 0.477 e. The number of aliphatic carboxylic acids is 1. The molecule has 12 heteroatoms. The first kappa shape index (κ1) is 23.1. The molecule has 1 heterocycles. The molecule has 1 saturated heterocycles. The molecule has 1 rings (SSSR count). The molecular weight excluding hydrogens is 370 g/mol. The van der Waals surface area contributed by atoms with Gasteiger partial charge in [0.1, 0.15) is 24.4 Å². The average molecular weight is 393 g/mol. The van der Waals surface area contributed by atoms with E-state index in [1.807, 2.05) is 0 Å². The molecule has 1 aliphatic heterocycles. The molecule has 1 unspecified atom stereocenters. The van der Waals surface area contributed by atoms with Gasteiger partial charge in [-0.1, -0.05) is 0 Å². The highest BCUT2D eigenvalue weighted by molar-refractivity contribution is 6.11. The van der Waals surface area contributed by atoms with Crippen molar-refractivity contribution in [1.29, 1.82) is 0 Å². The highest BCUT2D eigenvalue weighted by Crippen LogP contribution is 2.46. The first-order valence-corrected chi connectivity index (χ1v) is 7.86. The summed E-state index contributed by atoms with van der Waals surface area (Å²) in [7, 11) is 0. The standard InChI is InChI=1S/C15H23NO11/c1-5(18)14(6(2)19)12(23)9(16-7(3)20)11(10(22)8(21)4-17)27-15(14,26)13(24)25/h8-12,17,21-23,26H,4H2,1-3H3,(H,16,20)(H,24,25)/t8-,9+,10-,11-,12-,15?/m1/s1. The maximum absolute atomic E-state index is 12.2. The third kappa shape index (κ3) is 3.47. The van der Waals surface area contributed by atoms with Crippen LogP contribution in [0, 0.1) is 5.41 Å². The number of amides is 1. The van der Waals surface area contributed by atoms with Crippen LogP contribution in [-0.4, -0.2) is 96.9 Å². The second-order valence-electron chi connectivity index (χ2n) is 6.36. The second kappa shape index (κ2) is 7.96. The van der Waals surface area contributed by atoms with Crippen LogP contribution >= 0.6 is 0 Å². The van der Waals surface area contributed by atoms with Gasteiger partial charge in [0.25, 0.3) is 5.79 Å². The Balaban J connectivity index is 3.72. The molecule has 6 atom stereocenters. The highest BCUT2D eigenvalue weighted by Gasteiger charge is 2.74. The molecule has 0 bridgehead atoms. The molecule has 0 aliphatic carbocycles. The second-order valence-corrected chi connectivity index (χ2v) is 6.36. The molecule has 1 fully saturated rings. The van der Waals surface area contributed by atoms with Gasteiger partial charge in [-0.15, -0.1) is 0 Å². The summed E-state index contributed by atoms with van der Waals surface area (Å²) >= 11 is 0. The quantitative estimate of drug-likeness (QED) is 0.207. The van der Waals surface area contributed by atoms with Gasteiger partial charge in [-0.05, 0) is 13.8 Å². The van der Waals surface area contributed by atoms with Crippen LogP contribution in [-0.2, 0) is 23.9 Å². The monoisotopic (exact) mass is 393 g/mol. The third-order valence-electron chi connectivity index (χ3n) is 4.67. The zero-order chi connectivity index (χ0) is 21.3. The highest BCUT2D eigenvalue weighted by atomic mass is 16.7. The van der Waals surface area contributed by atoms with Crippen molar-refractivity contribution < 1.29 is 54.6 Å². The van der Waals surface area contributed by atoms with Crippen molar-refractivity contribution >= 4 is 23.4 Å². The number of carbonyl (C=O) groups is 4. The molecule has 0 aromatic heterocycles. The van der Waals surface area contributed by atoms with Crippen molar-refractivity contribution in [2.45, 2.75) is 57.0 Å². The number of Topliss-reactive ketones (excluding diaryl/α,β-unsaturated/α-hetero) is 2.